The molecule has 0 spiro atoms. The Morgan fingerprint density at radius 2 is 1.78 bits per heavy atom. The maximum absolute atomic E-state index is 13.4. The number of para-hydroxylation sites is 1. The molecular weight excluding hydrogens is 398 g/mol. The van der Waals surface area contributed by atoms with Crippen LogP contribution in [0.3, 0.4) is 0 Å². The van der Waals surface area contributed by atoms with Crippen molar-refractivity contribution in [3.05, 3.63) is 99.6 Å². The summed E-state index contributed by atoms with van der Waals surface area (Å²) in [7, 11) is 0. The lowest BCUT2D eigenvalue weighted by Crippen LogP contribution is -2.12. The lowest BCUT2D eigenvalue weighted by Gasteiger charge is -2.19. The minimum atomic E-state index is -0.0442. The number of nitrogens with one attached hydrogen (secondary N) is 1. The van der Waals surface area contributed by atoms with E-state index < -0.39 is 0 Å². The van der Waals surface area contributed by atoms with Crippen LogP contribution in [0, 0.1) is 20.8 Å². The Bertz CT molecular complexity index is 1510. The van der Waals surface area contributed by atoms with Gasteiger partial charge < -0.3 is 14.1 Å². The topological polar surface area (TPSA) is 59.5 Å². The average Bonchev–Trinajstić information content (AvgIpc) is 3.16. The summed E-state index contributed by atoms with van der Waals surface area (Å²) in [5.74, 6) is 0.591. The zero-order valence-electron chi connectivity index (χ0n) is 18.6. The maximum Gasteiger partial charge on any atom is 0.196 e. The molecular formula is C27H25N3O2. The van der Waals surface area contributed by atoms with Crippen molar-refractivity contribution in [2.45, 2.75) is 33.7 Å². The van der Waals surface area contributed by atoms with E-state index in [1.165, 1.54) is 0 Å². The second-order valence-corrected chi connectivity index (χ2v) is 8.41. The molecule has 0 radical (unpaired) electrons. The summed E-state index contributed by atoms with van der Waals surface area (Å²) >= 11 is 0. The van der Waals surface area contributed by atoms with Crippen LogP contribution in [-0.4, -0.2) is 9.38 Å². The Morgan fingerprint density at radius 1 is 1.00 bits per heavy atom. The van der Waals surface area contributed by atoms with E-state index in [2.05, 4.69) is 23.3 Å². The Morgan fingerprint density at radius 3 is 2.56 bits per heavy atom. The van der Waals surface area contributed by atoms with E-state index in [1.807, 2.05) is 86.1 Å². The first-order chi connectivity index (χ1) is 15.4. The van der Waals surface area contributed by atoms with Gasteiger partial charge in [-0.2, -0.15) is 0 Å². The Hall–Kier alpha value is -3.86. The molecule has 32 heavy (non-hydrogen) atoms. The van der Waals surface area contributed by atoms with Crippen LogP contribution < -0.4 is 10.7 Å². The van der Waals surface area contributed by atoms with Gasteiger partial charge in [-0.1, -0.05) is 24.3 Å². The molecule has 5 aromatic rings. The second kappa shape index (κ2) is 7.68. The molecule has 1 N–H and O–H groups in total. The Labute approximate surface area is 186 Å². The van der Waals surface area contributed by atoms with Crippen molar-refractivity contribution in [1.82, 2.24) is 9.38 Å². The number of imidazole rings is 1. The fourth-order valence-corrected chi connectivity index (χ4v) is 4.28. The first kappa shape index (κ1) is 20.1. The van der Waals surface area contributed by atoms with Gasteiger partial charge in [0.15, 0.2) is 5.43 Å². The largest absolute Gasteiger partial charge is 0.455 e. The van der Waals surface area contributed by atoms with Gasteiger partial charge in [-0.3, -0.25) is 4.79 Å². The van der Waals surface area contributed by atoms with Gasteiger partial charge in [-0.05, 0) is 63.6 Å². The van der Waals surface area contributed by atoms with Crippen LogP contribution in [0.25, 0.3) is 27.9 Å². The molecule has 5 rings (SSSR count). The average molecular weight is 424 g/mol. The van der Waals surface area contributed by atoms with Gasteiger partial charge in [0.25, 0.3) is 0 Å². The minimum Gasteiger partial charge on any atom is -0.455 e. The molecule has 1 unspecified atom stereocenters. The van der Waals surface area contributed by atoms with E-state index >= 15 is 0 Å². The van der Waals surface area contributed by atoms with Crippen LogP contribution in [0.2, 0.25) is 0 Å². The molecule has 5 nitrogen and oxygen atoms in total. The van der Waals surface area contributed by atoms with Crippen LogP contribution in [0.5, 0.6) is 0 Å². The summed E-state index contributed by atoms with van der Waals surface area (Å²) < 4.78 is 8.45. The van der Waals surface area contributed by atoms with E-state index in [1.54, 1.807) is 0 Å². The van der Waals surface area contributed by atoms with Gasteiger partial charge in [0.2, 0.25) is 0 Å². The summed E-state index contributed by atoms with van der Waals surface area (Å²) in [6.07, 6.45) is 3.93. The standard InChI is InChI=1S/C27H25N3O2/c1-16-12-22(19(4)29-21-8-6-5-7-9-21)27-23(13-16)25(31)18(3)26(32-27)20-10-11-24-28-17(2)14-30(24)15-20/h5-15,19,29H,1-4H3. The number of rotatable bonds is 4. The predicted molar refractivity (Wildman–Crippen MR) is 129 cm³/mol. The molecule has 5 heteroatoms. The number of pyridine rings is 1. The third-order valence-corrected chi connectivity index (χ3v) is 5.85. The summed E-state index contributed by atoms with van der Waals surface area (Å²) in [6.45, 7) is 7.89. The fraction of sp³-hybridized carbons (Fsp3) is 0.185. The lowest BCUT2D eigenvalue weighted by atomic mass is 9.99. The van der Waals surface area contributed by atoms with Gasteiger partial charge in [-0.25, -0.2) is 4.98 Å². The molecule has 0 saturated carbocycles. The van der Waals surface area contributed by atoms with Crippen molar-refractivity contribution in [2.24, 2.45) is 0 Å². The summed E-state index contributed by atoms with van der Waals surface area (Å²) in [5, 5.41) is 4.14. The molecule has 160 valence electrons. The highest BCUT2D eigenvalue weighted by Gasteiger charge is 2.19. The Balaban J connectivity index is 1.70. The van der Waals surface area contributed by atoms with Crippen LogP contribution in [-0.2, 0) is 0 Å². The molecule has 0 aliphatic rings. The molecule has 0 aliphatic heterocycles. The SMILES string of the molecule is Cc1cc(C(C)Nc2ccccc2)c2oc(-c3ccc4nc(C)cn4c3)c(C)c(=O)c2c1. The summed E-state index contributed by atoms with van der Waals surface area (Å²) in [5.41, 5.74) is 6.90. The van der Waals surface area contributed by atoms with E-state index in [-0.39, 0.29) is 11.5 Å². The molecule has 2 aromatic carbocycles. The van der Waals surface area contributed by atoms with E-state index in [9.17, 15) is 4.79 Å². The number of nitrogens with zero attached hydrogens (tertiary/aromatic N) is 2. The zero-order valence-corrected chi connectivity index (χ0v) is 18.6. The van der Waals surface area contributed by atoms with Crippen LogP contribution in [0.15, 0.2) is 76.2 Å². The van der Waals surface area contributed by atoms with Gasteiger partial charge >= 0.3 is 0 Å². The molecule has 3 aromatic heterocycles. The second-order valence-electron chi connectivity index (χ2n) is 8.41. The van der Waals surface area contributed by atoms with Gasteiger partial charge in [0.1, 0.15) is 17.0 Å². The molecule has 0 bridgehead atoms. The van der Waals surface area contributed by atoms with Crippen molar-refractivity contribution in [3.8, 4) is 11.3 Å². The number of anilines is 1. The van der Waals surface area contributed by atoms with Crippen molar-refractivity contribution in [1.29, 1.82) is 0 Å². The van der Waals surface area contributed by atoms with Crippen LogP contribution >= 0.6 is 0 Å². The smallest absolute Gasteiger partial charge is 0.196 e. The quantitative estimate of drug-likeness (QED) is 0.374. The predicted octanol–water partition coefficient (Wildman–Crippen LogP) is 6.21. The number of benzene rings is 2. The van der Waals surface area contributed by atoms with Gasteiger partial charge in [-0.15, -0.1) is 0 Å². The third-order valence-electron chi connectivity index (χ3n) is 5.85. The number of hydrogen-bond acceptors (Lipinski definition) is 4. The Kier molecular flexibility index (Phi) is 4.82. The molecule has 0 saturated heterocycles. The van der Waals surface area contributed by atoms with Crippen LogP contribution in [0.1, 0.15) is 35.3 Å². The number of hydrogen-bond donors (Lipinski definition) is 1. The number of fused-ring (bicyclic) bond motifs is 2. The van der Waals surface area contributed by atoms with E-state index in [0.717, 1.165) is 33.7 Å². The van der Waals surface area contributed by atoms with Crippen molar-refractivity contribution < 1.29 is 4.42 Å². The normalized spacial score (nSPS) is 12.4. The molecule has 0 aliphatic carbocycles. The molecule has 0 amide bonds. The highest BCUT2D eigenvalue weighted by molar-refractivity contribution is 5.84. The molecule has 3 heterocycles. The van der Waals surface area contributed by atoms with Crippen molar-refractivity contribution >= 4 is 22.3 Å². The van der Waals surface area contributed by atoms with E-state index in [0.29, 0.717) is 22.3 Å². The third kappa shape index (κ3) is 3.46. The molecule has 0 fully saturated rings. The zero-order chi connectivity index (χ0) is 22.4. The molecule has 1 atom stereocenters. The maximum atomic E-state index is 13.4. The van der Waals surface area contributed by atoms with Crippen molar-refractivity contribution in [2.75, 3.05) is 5.32 Å². The number of aromatic nitrogens is 2. The van der Waals surface area contributed by atoms with Crippen LogP contribution in [0.4, 0.5) is 5.69 Å². The summed E-state index contributed by atoms with van der Waals surface area (Å²) in [4.78, 5) is 17.9. The van der Waals surface area contributed by atoms with E-state index in [4.69, 9.17) is 4.42 Å². The van der Waals surface area contributed by atoms with Gasteiger partial charge in [0, 0.05) is 34.8 Å². The lowest BCUT2D eigenvalue weighted by molar-refractivity contribution is 0.605. The fourth-order valence-electron chi connectivity index (χ4n) is 4.28. The van der Waals surface area contributed by atoms with Crippen molar-refractivity contribution in [3.63, 3.8) is 0 Å². The van der Waals surface area contributed by atoms with Gasteiger partial charge in [0.05, 0.1) is 17.1 Å². The first-order valence-electron chi connectivity index (χ1n) is 10.8. The number of aryl methyl sites for hydroxylation is 2. The highest BCUT2D eigenvalue weighted by atomic mass is 16.3. The summed E-state index contributed by atoms with van der Waals surface area (Å²) in [6, 6.07) is 17.9. The highest BCUT2D eigenvalue weighted by Crippen LogP contribution is 2.32. The first-order valence-corrected chi connectivity index (χ1v) is 10.8. The minimum absolute atomic E-state index is 0.0000183. The monoisotopic (exact) mass is 423 g/mol.